The Morgan fingerprint density at radius 1 is 0.909 bits per heavy atom. The summed E-state index contributed by atoms with van der Waals surface area (Å²) in [5.74, 6) is -2.15. The summed E-state index contributed by atoms with van der Waals surface area (Å²) >= 11 is 0. The van der Waals surface area contributed by atoms with E-state index in [4.69, 9.17) is 4.74 Å². The molecule has 1 N–H and O–H groups in total. The van der Waals surface area contributed by atoms with E-state index in [1.54, 1.807) is 0 Å². The zero-order valence-electron chi connectivity index (χ0n) is 18.2. The van der Waals surface area contributed by atoms with E-state index in [0.717, 1.165) is 11.1 Å². The molecule has 3 aromatic carbocycles. The maximum atomic E-state index is 14.3. The number of carbonyl (C=O) groups is 3. The summed E-state index contributed by atoms with van der Waals surface area (Å²) in [7, 11) is 1.30. The molecule has 2 heterocycles. The molecule has 33 heavy (non-hydrogen) atoms. The molecule has 0 bridgehead atoms. The van der Waals surface area contributed by atoms with Gasteiger partial charge < -0.3 is 4.74 Å². The van der Waals surface area contributed by atoms with E-state index in [1.165, 1.54) is 12.0 Å². The van der Waals surface area contributed by atoms with Gasteiger partial charge >= 0.3 is 5.97 Å². The van der Waals surface area contributed by atoms with E-state index < -0.39 is 29.4 Å². The Balaban J connectivity index is 1.72. The minimum atomic E-state index is -1.27. The van der Waals surface area contributed by atoms with E-state index in [9.17, 15) is 14.4 Å². The van der Waals surface area contributed by atoms with Gasteiger partial charge in [0, 0.05) is 0 Å². The Bertz CT molecular complexity index is 1180. The fourth-order valence-corrected chi connectivity index (χ4v) is 5.37. The van der Waals surface area contributed by atoms with Crippen LogP contribution in [0.2, 0.25) is 0 Å². The molecule has 6 nitrogen and oxygen atoms in total. The molecule has 4 atom stereocenters. The van der Waals surface area contributed by atoms with Crippen molar-refractivity contribution in [2.24, 2.45) is 5.92 Å². The molecule has 2 amide bonds. The molecule has 6 heteroatoms. The Hall–Kier alpha value is -3.77. The smallest absolute Gasteiger partial charge is 0.323 e. The number of methoxy groups -OCH3 is 1. The quantitative estimate of drug-likeness (QED) is 0.488. The van der Waals surface area contributed by atoms with E-state index >= 15 is 0 Å². The first-order valence-corrected chi connectivity index (χ1v) is 10.9. The minimum Gasteiger partial charge on any atom is -0.468 e. The van der Waals surface area contributed by atoms with Gasteiger partial charge in [-0.15, -0.1) is 0 Å². The number of imide groups is 1. The average Bonchev–Trinajstić information content (AvgIpc) is 3.34. The average molecular weight is 440 g/mol. The molecule has 0 radical (unpaired) electrons. The first-order chi connectivity index (χ1) is 16.1. The van der Waals surface area contributed by atoms with Crippen molar-refractivity contribution in [3.8, 4) is 0 Å². The molecule has 0 aliphatic carbocycles. The van der Waals surface area contributed by atoms with Gasteiger partial charge in [-0.25, -0.2) is 0 Å². The first-order valence-electron chi connectivity index (χ1n) is 10.9. The third-order valence-electron chi connectivity index (χ3n) is 6.78. The summed E-state index contributed by atoms with van der Waals surface area (Å²) in [4.78, 5) is 42.3. The van der Waals surface area contributed by atoms with Crippen molar-refractivity contribution in [1.82, 2.24) is 10.2 Å². The van der Waals surface area contributed by atoms with Crippen molar-refractivity contribution in [3.63, 3.8) is 0 Å². The number of hydrogen-bond donors (Lipinski definition) is 1. The van der Waals surface area contributed by atoms with Crippen LogP contribution in [0.3, 0.4) is 0 Å². The molecule has 3 aromatic rings. The van der Waals surface area contributed by atoms with Crippen LogP contribution in [0.5, 0.6) is 0 Å². The van der Waals surface area contributed by atoms with Gasteiger partial charge in [-0.05, 0) is 16.7 Å². The fourth-order valence-electron chi connectivity index (χ4n) is 5.37. The molecule has 0 saturated carbocycles. The zero-order chi connectivity index (χ0) is 23.0. The lowest BCUT2D eigenvalue weighted by atomic mass is 9.66. The highest BCUT2D eigenvalue weighted by Gasteiger charge is 2.71. The fraction of sp³-hybridized carbons (Fsp3) is 0.222. The summed E-state index contributed by atoms with van der Waals surface area (Å²) in [6.07, 6.45) is 0. The predicted molar refractivity (Wildman–Crippen MR) is 122 cm³/mol. The van der Waals surface area contributed by atoms with Gasteiger partial charge in [-0.1, -0.05) is 91.0 Å². The Labute approximate surface area is 192 Å². The van der Waals surface area contributed by atoms with Crippen LogP contribution < -0.4 is 5.32 Å². The lowest BCUT2D eigenvalue weighted by Gasteiger charge is -2.33. The second kappa shape index (κ2) is 8.30. The Morgan fingerprint density at radius 2 is 1.48 bits per heavy atom. The highest BCUT2D eigenvalue weighted by molar-refractivity contribution is 6.13. The standard InChI is InChI=1S/C27H24N2O4/c1-33-25(31)22-21-24(30)29(17-18-11-5-2-6-12-18)26(32)27(21,20-15-9-4-10-16-20)23(28-22)19-13-7-3-8-14-19/h2-16,21-23,28H,17H2,1H3/t21-,22+,23+,27+/m0/s1. The lowest BCUT2D eigenvalue weighted by molar-refractivity contribution is -0.148. The molecule has 2 fully saturated rings. The van der Waals surface area contributed by atoms with Gasteiger partial charge in [0.1, 0.15) is 11.5 Å². The van der Waals surface area contributed by atoms with Crippen molar-refractivity contribution in [1.29, 1.82) is 0 Å². The van der Waals surface area contributed by atoms with Crippen molar-refractivity contribution < 1.29 is 19.1 Å². The minimum absolute atomic E-state index is 0.152. The summed E-state index contributed by atoms with van der Waals surface area (Å²) in [5, 5.41) is 3.30. The molecule has 2 saturated heterocycles. The summed E-state index contributed by atoms with van der Waals surface area (Å²) in [6.45, 7) is 0.152. The van der Waals surface area contributed by atoms with Crippen LogP contribution in [0.1, 0.15) is 22.7 Å². The zero-order valence-corrected chi connectivity index (χ0v) is 18.2. The molecular weight excluding hydrogens is 416 g/mol. The van der Waals surface area contributed by atoms with E-state index in [1.807, 2.05) is 91.0 Å². The summed E-state index contributed by atoms with van der Waals surface area (Å²) in [6, 6.07) is 26.7. The van der Waals surface area contributed by atoms with Crippen LogP contribution in [-0.2, 0) is 31.1 Å². The molecule has 0 spiro atoms. The molecular formula is C27H24N2O4. The van der Waals surface area contributed by atoms with Gasteiger partial charge in [0.2, 0.25) is 11.8 Å². The van der Waals surface area contributed by atoms with Crippen LogP contribution in [0, 0.1) is 5.92 Å². The van der Waals surface area contributed by atoms with Crippen molar-refractivity contribution in [2.45, 2.75) is 24.0 Å². The number of carbonyl (C=O) groups excluding carboxylic acids is 3. The number of benzene rings is 3. The monoisotopic (exact) mass is 440 g/mol. The second-order valence-corrected chi connectivity index (χ2v) is 8.44. The predicted octanol–water partition coefficient (Wildman–Crippen LogP) is 3.00. The van der Waals surface area contributed by atoms with Gasteiger partial charge in [0.05, 0.1) is 25.6 Å². The maximum absolute atomic E-state index is 14.3. The van der Waals surface area contributed by atoms with E-state index in [-0.39, 0.29) is 18.4 Å². The number of nitrogens with zero attached hydrogens (tertiary/aromatic N) is 1. The Morgan fingerprint density at radius 3 is 2.09 bits per heavy atom. The van der Waals surface area contributed by atoms with Crippen LogP contribution in [0.25, 0.3) is 0 Å². The second-order valence-electron chi connectivity index (χ2n) is 8.44. The SMILES string of the molecule is COC(=O)[C@@H]1N[C@H](c2ccccc2)[C@]2(c3ccccc3)C(=O)N(Cc3ccccc3)C(=O)[C@H]12. The molecule has 166 valence electrons. The van der Waals surface area contributed by atoms with Crippen molar-refractivity contribution >= 4 is 17.8 Å². The number of hydrogen-bond acceptors (Lipinski definition) is 5. The summed E-state index contributed by atoms with van der Waals surface area (Å²) in [5.41, 5.74) is 1.12. The Kier molecular flexibility index (Phi) is 5.30. The van der Waals surface area contributed by atoms with Gasteiger partial charge in [-0.3, -0.25) is 24.6 Å². The van der Waals surface area contributed by atoms with Crippen molar-refractivity contribution in [2.75, 3.05) is 7.11 Å². The van der Waals surface area contributed by atoms with Crippen LogP contribution in [-0.4, -0.2) is 35.8 Å². The number of amides is 2. The molecule has 5 rings (SSSR count). The van der Waals surface area contributed by atoms with Crippen LogP contribution >= 0.6 is 0 Å². The molecule has 0 unspecified atom stereocenters. The number of nitrogens with one attached hydrogen (secondary N) is 1. The highest BCUT2D eigenvalue weighted by atomic mass is 16.5. The van der Waals surface area contributed by atoms with Crippen LogP contribution in [0.4, 0.5) is 0 Å². The van der Waals surface area contributed by atoms with E-state index in [0.29, 0.717) is 5.56 Å². The molecule has 2 aliphatic rings. The number of fused-ring (bicyclic) bond motifs is 1. The largest absolute Gasteiger partial charge is 0.468 e. The molecule has 0 aromatic heterocycles. The third kappa shape index (κ3) is 3.17. The number of esters is 1. The number of ether oxygens (including phenoxy) is 1. The van der Waals surface area contributed by atoms with Gasteiger partial charge in [0.25, 0.3) is 0 Å². The first kappa shape index (κ1) is 21.1. The summed E-state index contributed by atoms with van der Waals surface area (Å²) < 4.78 is 5.06. The highest BCUT2D eigenvalue weighted by Crippen LogP contribution is 2.55. The number of likely N-dealkylation sites (tertiary alicyclic amines) is 1. The van der Waals surface area contributed by atoms with Crippen molar-refractivity contribution in [3.05, 3.63) is 108 Å². The lowest BCUT2D eigenvalue weighted by Crippen LogP contribution is -2.44. The number of rotatable bonds is 5. The third-order valence-corrected chi connectivity index (χ3v) is 6.78. The molecule has 2 aliphatic heterocycles. The van der Waals surface area contributed by atoms with E-state index in [2.05, 4.69) is 5.32 Å². The van der Waals surface area contributed by atoms with Crippen LogP contribution in [0.15, 0.2) is 91.0 Å². The van der Waals surface area contributed by atoms with Gasteiger partial charge in [-0.2, -0.15) is 0 Å². The van der Waals surface area contributed by atoms with Gasteiger partial charge in [0.15, 0.2) is 0 Å². The maximum Gasteiger partial charge on any atom is 0.323 e. The normalized spacial score (nSPS) is 26.3. The topological polar surface area (TPSA) is 75.7 Å².